The summed E-state index contributed by atoms with van der Waals surface area (Å²) in [4.78, 5) is 10.2. The van der Waals surface area contributed by atoms with Gasteiger partial charge in [0.1, 0.15) is 5.75 Å². The summed E-state index contributed by atoms with van der Waals surface area (Å²) in [5, 5.41) is 19.0. The molecule has 2 rings (SSSR count). The predicted molar refractivity (Wildman–Crippen MR) is 98.1 cm³/mol. The Morgan fingerprint density at radius 2 is 1.68 bits per heavy atom. The molecule has 0 saturated heterocycles. The third kappa shape index (κ3) is 5.67. The van der Waals surface area contributed by atoms with Crippen molar-refractivity contribution < 1.29 is 9.66 Å². The molecule has 6 heteroatoms. The normalized spacial score (nSPS) is 11.0. The molecule has 25 heavy (non-hydrogen) atoms. The minimum atomic E-state index is -0.435. The summed E-state index contributed by atoms with van der Waals surface area (Å²) in [6.07, 6.45) is 4.08. The molecule has 2 aromatic rings. The first kappa shape index (κ1) is 18.6. The molecular weight excluding hydrogens is 318 g/mol. The summed E-state index contributed by atoms with van der Waals surface area (Å²) in [6, 6.07) is 11.8. The van der Waals surface area contributed by atoms with E-state index >= 15 is 0 Å². The van der Waals surface area contributed by atoms with E-state index in [0.717, 1.165) is 49.3 Å². The van der Waals surface area contributed by atoms with Crippen molar-refractivity contribution in [3.8, 4) is 5.75 Å². The van der Waals surface area contributed by atoms with Crippen LogP contribution in [0.15, 0.2) is 52.7 Å². The lowest BCUT2D eigenvalue weighted by atomic mass is 10.1. The first-order valence-corrected chi connectivity index (χ1v) is 8.56. The van der Waals surface area contributed by atoms with Gasteiger partial charge in [-0.2, -0.15) is 10.2 Å². The molecule has 0 aromatic heterocycles. The van der Waals surface area contributed by atoms with Crippen molar-refractivity contribution in [2.24, 2.45) is 10.2 Å². The molecule has 2 aromatic carbocycles. The molecule has 0 unspecified atom stereocenters. The molecule has 6 nitrogen and oxygen atoms in total. The van der Waals surface area contributed by atoms with Crippen LogP contribution in [0.3, 0.4) is 0 Å². The molecule has 0 aliphatic rings. The van der Waals surface area contributed by atoms with Crippen LogP contribution < -0.4 is 4.74 Å². The van der Waals surface area contributed by atoms with Crippen LogP contribution in [0, 0.1) is 10.1 Å². The molecule has 0 aliphatic heterocycles. The first-order chi connectivity index (χ1) is 12.1. The number of unbranched alkanes of at least 4 members (excludes halogenated alkanes) is 1. The zero-order valence-electron chi connectivity index (χ0n) is 14.6. The topological polar surface area (TPSA) is 77.1 Å². The number of benzene rings is 2. The zero-order chi connectivity index (χ0) is 18.1. The third-order valence-corrected chi connectivity index (χ3v) is 3.66. The Labute approximate surface area is 147 Å². The molecule has 0 N–H and O–H groups in total. The Hall–Kier alpha value is -2.76. The van der Waals surface area contributed by atoms with Crippen molar-refractivity contribution >= 4 is 17.1 Å². The lowest BCUT2D eigenvalue weighted by Gasteiger charge is -2.11. The van der Waals surface area contributed by atoms with E-state index in [2.05, 4.69) is 24.1 Å². The highest BCUT2D eigenvalue weighted by molar-refractivity contribution is 5.48. The number of rotatable bonds is 9. The highest BCUT2D eigenvalue weighted by Gasteiger charge is 2.06. The third-order valence-electron chi connectivity index (χ3n) is 3.66. The summed E-state index contributed by atoms with van der Waals surface area (Å²) in [6.45, 7) is 4.98. The van der Waals surface area contributed by atoms with Gasteiger partial charge in [0.05, 0.1) is 22.9 Å². The number of nitro benzene ring substituents is 1. The molecule has 0 radical (unpaired) electrons. The van der Waals surface area contributed by atoms with E-state index in [1.807, 2.05) is 18.2 Å². The second-order valence-corrected chi connectivity index (χ2v) is 5.72. The summed E-state index contributed by atoms with van der Waals surface area (Å²) >= 11 is 0. The molecule has 132 valence electrons. The van der Waals surface area contributed by atoms with Gasteiger partial charge >= 0.3 is 0 Å². The average Bonchev–Trinajstić information content (AvgIpc) is 2.62. The van der Waals surface area contributed by atoms with Crippen molar-refractivity contribution in [1.29, 1.82) is 0 Å². The standard InChI is InChI=1S/C19H23N3O3/c1-3-5-13-25-19-12-9-17(14-15(19)6-4-2)21-20-16-7-10-18(11-8-16)22(23)24/h7-12,14H,3-6,13H2,1-2H3. The Morgan fingerprint density at radius 1 is 1.00 bits per heavy atom. The van der Waals surface area contributed by atoms with Crippen LogP contribution in [0.2, 0.25) is 0 Å². The van der Waals surface area contributed by atoms with E-state index in [1.165, 1.54) is 12.1 Å². The van der Waals surface area contributed by atoms with Crippen LogP contribution in [0.1, 0.15) is 38.7 Å². The minimum absolute atomic E-state index is 0.0396. The van der Waals surface area contributed by atoms with Gasteiger partial charge in [-0.3, -0.25) is 10.1 Å². The molecular formula is C19H23N3O3. The lowest BCUT2D eigenvalue weighted by molar-refractivity contribution is -0.384. The van der Waals surface area contributed by atoms with E-state index in [0.29, 0.717) is 5.69 Å². The van der Waals surface area contributed by atoms with Gasteiger partial charge < -0.3 is 4.74 Å². The number of aryl methyl sites for hydroxylation is 1. The SMILES string of the molecule is CCCCOc1ccc(N=Nc2ccc([N+](=O)[O-])cc2)cc1CCC. The molecule has 0 spiro atoms. The van der Waals surface area contributed by atoms with Crippen LogP contribution in [-0.2, 0) is 6.42 Å². The van der Waals surface area contributed by atoms with Crippen molar-refractivity contribution in [3.63, 3.8) is 0 Å². The molecule has 0 bridgehead atoms. The number of hydrogen-bond acceptors (Lipinski definition) is 5. The highest BCUT2D eigenvalue weighted by Crippen LogP contribution is 2.28. The monoisotopic (exact) mass is 341 g/mol. The Kier molecular flexibility index (Phi) is 7.07. The fourth-order valence-electron chi connectivity index (χ4n) is 2.32. The number of nitrogens with zero attached hydrogens (tertiary/aromatic N) is 3. The number of non-ortho nitro benzene ring substituents is 1. The Balaban J connectivity index is 2.12. The van der Waals surface area contributed by atoms with Crippen molar-refractivity contribution in [3.05, 3.63) is 58.1 Å². The molecule has 0 atom stereocenters. The summed E-state index contributed by atoms with van der Waals surface area (Å²) in [5.41, 5.74) is 2.48. The summed E-state index contributed by atoms with van der Waals surface area (Å²) in [7, 11) is 0. The molecule has 0 heterocycles. The maximum Gasteiger partial charge on any atom is 0.269 e. The van der Waals surface area contributed by atoms with Crippen LogP contribution in [0.5, 0.6) is 5.75 Å². The summed E-state index contributed by atoms with van der Waals surface area (Å²) < 4.78 is 5.85. The minimum Gasteiger partial charge on any atom is -0.493 e. The molecule has 0 aliphatic carbocycles. The highest BCUT2D eigenvalue weighted by atomic mass is 16.6. The average molecular weight is 341 g/mol. The zero-order valence-corrected chi connectivity index (χ0v) is 14.6. The maximum absolute atomic E-state index is 10.7. The van der Waals surface area contributed by atoms with Gasteiger partial charge in [-0.1, -0.05) is 26.7 Å². The van der Waals surface area contributed by atoms with Gasteiger partial charge in [-0.15, -0.1) is 0 Å². The Bertz CT molecular complexity index is 727. The molecule has 0 fully saturated rings. The van der Waals surface area contributed by atoms with Crippen LogP contribution in [0.25, 0.3) is 0 Å². The van der Waals surface area contributed by atoms with E-state index in [9.17, 15) is 10.1 Å². The van der Waals surface area contributed by atoms with Gasteiger partial charge in [0.2, 0.25) is 0 Å². The number of ether oxygens (including phenoxy) is 1. The van der Waals surface area contributed by atoms with Gasteiger partial charge in [-0.25, -0.2) is 0 Å². The Morgan fingerprint density at radius 3 is 2.32 bits per heavy atom. The maximum atomic E-state index is 10.7. The molecule has 0 saturated carbocycles. The first-order valence-electron chi connectivity index (χ1n) is 8.56. The quantitative estimate of drug-likeness (QED) is 0.238. The largest absolute Gasteiger partial charge is 0.493 e. The second kappa shape index (κ2) is 9.52. The van der Waals surface area contributed by atoms with E-state index in [-0.39, 0.29) is 5.69 Å². The van der Waals surface area contributed by atoms with Crippen molar-refractivity contribution in [2.45, 2.75) is 39.5 Å². The van der Waals surface area contributed by atoms with Crippen LogP contribution >= 0.6 is 0 Å². The second-order valence-electron chi connectivity index (χ2n) is 5.72. The van der Waals surface area contributed by atoms with Crippen molar-refractivity contribution in [1.82, 2.24) is 0 Å². The van der Waals surface area contributed by atoms with Gasteiger partial charge in [-0.05, 0) is 48.7 Å². The number of nitro groups is 1. The van der Waals surface area contributed by atoms with Gasteiger partial charge in [0.25, 0.3) is 5.69 Å². The smallest absolute Gasteiger partial charge is 0.269 e. The van der Waals surface area contributed by atoms with E-state index in [4.69, 9.17) is 4.74 Å². The van der Waals surface area contributed by atoms with E-state index < -0.39 is 4.92 Å². The van der Waals surface area contributed by atoms with Crippen LogP contribution in [0.4, 0.5) is 17.1 Å². The van der Waals surface area contributed by atoms with Gasteiger partial charge in [0.15, 0.2) is 0 Å². The fourth-order valence-corrected chi connectivity index (χ4v) is 2.32. The molecule has 0 amide bonds. The lowest BCUT2D eigenvalue weighted by Crippen LogP contribution is -1.99. The fraction of sp³-hybridized carbons (Fsp3) is 0.368. The summed E-state index contributed by atoms with van der Waals surface area (Å²) in [5.74, 6) is 0.907. The number of azo groups is 1. The number of hydrogen-bond donors (Lipinski definition) is 0. The predicted octanol–water partition coefficient (Wildman–Crippen LogP) is 6.14. The van der Waals surface area contributed by atoms with E-state index in [1.54, 1.807) is 12.1 Å². The van der Waals surface area contributed by atoms with Gasteiger partial charge in [0, 0.05) is 12.1 Å². The van der Waals surface area contributed by atoms with Crippen molar-refractivity contribution in [2.75, 3.05) is 6.61 Å². The van der Waals surface area contributed by atoms with Crippen LogP contribution in [-0.4, -0.2) is 11.5 Å².